The van der Waals surface area contributed by atoms with Crippen LogP contribution in [0.3, 0.4) is 0 Å². The van der Waals surface area contributed by atoms with E-state index in [1.807, 2.05) is 32.0 Å². The minimum absolute atomic E-state index is 0.215. The van der Waals surface area contributed by atoms with Crippen molar-refractivity contribution in [3.05, 3.63) is 30.2 Å². The summed E-state index contributed by atoms with van der Waals surface area (Å²) in [6.07, 6.45) is 0.633. The van der Waals surface area contributed by atoms with E-state index in [4.69, 9.17) is 10.2 Å². The number of carbonyl (C=O) groups excluding carboxylic acids is 1. The molecule has 1 aromatic carbocycles. The van der Waals surface area contributed by atoms with Gasteiger partial charge >= 0.3 is 0 Å². The quantitative estimate of drug-likeness (QED) is 0.880. The van der Waals surface area contributed by atoms with E-state index in [2.05, 4.69) is 15.5 Å². The molecule has 0 aliphatic rings. The molecule has 1 heterocycles. The van der Waals surface area contributed by atoms with Crippen LogP contribution in [0.4, 0.5) is 5.69 Å². The molecule has 1 amide bonds. The maximum atomic E-state index is 12.1. The summed E-state index contributed by atoms with van der Waals surface area (Å²) in [7, 11) is 0. The Morgan fingerprint density at radius 3 is 2.67 bits per heavy atom. The van der Waals surface area contributed by atoms with Crippen molar-refractivity contribution in [2.75, 3.05) is 5.32 Å². The van der Waals surface area contributed by atoms with Crippen molar-refractivity contribution in [1.82, 2.24) is 10.2 Å². The van der Waals surface area contributed by atoms with Gasteiger partial charge in [0, 0.05) is 6.92 Å². The molecule has 6 heteroatoms. The highest BCUT2D eigenvalue weighted by Crippen LogP contribution is 2.26. The first kappa shape index (κ1) is 15.2. The van der Waals surface area contributed by atoms with E-state index in [1.165, 1.54) is 0 Å². The third-order valence-electron chi connectivity index (χ3n) is 3.00. The fraction of sp³-hybridized carbons (Fsp3) is 0.400. The highest BCUT2D eigenvalue weighted by atomic mass is 16.4. The van der Waals surface area contributed by atoms with E-state index in [0.29, 0.717) is 35.4 Å². The van der Waals surface area contributed by atoms with Crippen molar-refractivity contribution in [2.45, 2.75) is 33.2 Å². The van der Waals surface area contributed by atoms with Gasteiger partial charge < -0.3 is 15.5 Å². The van der Waals surface area contributed by atoms with Crippen LogP contribution in [0.5, 0.6) is 0 Å². The van der Waals surface area contributed by atoms with Crippen LogP contribution >= 0.6 is 0 Å². The second-order valence-electron chi connectivity index (χ2n) is 5.40. The largest absolute Gasteiger partial charge is 0.421 e. The monoisotopic (exact) mass is 288 g/mol. The predicted molar refractivity (Wildman–Crippen MR) is 80.5 cm³/mol. The number of rotatable bonds is 5. The van der Waals surface area contributed by atoms with E-state index in [1.54, 1.807) is 13.0 Å². The topological polar surface area (TPSA) is 94.0 Å². The first-order valence-electron chi connectivity index (χ1n) is 6.93. The zero-order valence-corrected chi connectivity index (χ0v) is 12.5. The first-order chi connectivity index (χ1) is 9.97. The Bertz CT molecular complexity index is 622. The third-order valence-corrected chi connectivity index (χ3v) is 3.00. The predicted octanol–water partition coefficient (Wildman–Crippen LogP) is 2.36. The Kier molecular flexibility index (Phi) is 4.70. The fourth-order valence-corrected chi connectivity index (χ4v) is 2.02. The van der Waals surface area contributed by atoms with Crippen LogP contribution in [-0.4, -0.2) is 22.1 Å². The SMILES string of the molecule is Cc1nnc(-c2ccccc2NC(=O)[C@H](N)CC(C)C)o1. The summed E-state index contributed by atoms with van der Waals surface area (Å²) >= 11 is 0. The van der Waals surface area contributed by atoms with Crippen molar-refractivity contribution in [1.29, 1.82) is 0 Å². The molecular weight excluding hydrogens is 268 g/mol. The van der Waals surface area contributed by atoms with Gasteiger partial charge in [-0.1, -0.05) is 26.0 Å². The summed E-state index contributed by atoms with van der Waals surface area (Å²) in [4.78, 5) is 12.1. The molecule has 0 unspecified atom stereocenters. The Labute approximate surface area is 123 Å². The van der Waals surface area contributed by atoms with Gasteiger partial charge in [0.05, 0.1) is 17.3 Å². The Hall–Kier alpha value is -2.21. The van der Waals surface area contributed by atoms with Crippen molar-refractivity contribution >= 4 is 11.6 Å². The van der Waals surface area contributed by atoms with E-state index >= 15 is 0 Å². The van der Waals surface area contributed by atoms with Gasteiger partial charge in [-0.05, 0) is 24.5 Å². The maximum Gasteiger partial charge on any atom is 0.249 e. The first-order valence-corrected chi connectivity index (χ1v) is 6.93. The zero-order chi connectivity index (χ0) is 15.4. The van der Waals surface area contributed by atoms with Crippen molar-refractivity contribution in [3.8, 4) is 11.5 Å². The average molecular weight is 288 g/mol. The van der Waals surface area contributed by atoms with E-state index in [9.17, 15) is 4.79 Å². The molecule has 1 aromatic heterocycles. The number of benzene rings is 1. The fourth-order valence-electron chi connectivity index (χ4n) is 2.02. The van der Waals surface area contributed by atoms with Crippen LogP contribution in [-0.2, 0) is 4.79 Å². The number of aromatic nitrogens is 2. The minimum atomic E-state index is -0.539. The number of carbonyl (C=O) groups is 1. The molecular formula is C15H20N4O2. The summed E-state index contributed by atoms with van der Waals surface area (Å²) in [6, 6.07) is 6.74. The van der Waals surface area contributed by atoms with E-state index in [-0.39, 0.29) is 5.91 Å². The molecule has 0 fully saturated rings. The molecule has 0 spiro atoms. The zero-order valence-electron chi connectivity index (χ0n) is 12.5. The number of nitrogens with two attached hydrogens (primary N) is 1. The molecule has 0 saturated heterocycles. The summed E-state index contributed by atoms with van der Waals surface area (Å²) < 4.78 is 5.41. The molecule has 0 bridgehead atoms. The van der Waals surface area contributed by atoms with Crippen molar-refractivity contribution < 1.29 is 9.21 Å². The molecule has 2 aromatic rings. The standard InChI is InChI=1S/C15H20N4O2/c1-9(2)8-12(16)14(20)17-13-7-5-4-6-11(13)15-19-18-10(3)21-15/h4-7,9,12H,8,16H2,1-3H3,(H,17,20)/t12-/m1/s1. The van der Waals surface area contributed by atoms with Gasteiger partial charge in [-0.3, -0.25) is 4.79 Å². The lowest BCUT2D eigenvalue weighted by Crippen LogP contribution is -2.36. The molecule has 3 N–H and O–H groups in total. The number of anilines is 1. The van der Waals surface area contributed by atoms with Gasteiger partial charge in [0.15, 0.2) is 0 Å². The smallest absolute Gasteiger partial charge is 0.249 e. The van der Waals surface area contributed by atoms with Crippen LogP contribution < -0.4 is 11.1 Å². The maximum absolute atomic E-state index is 12.1. The summed E-state index contributed by atoms with van der Waals surface area (Å²) in [5.41, 5.74) is 7.20. The average Bonchev–Trinajstić information content (AvgIpc) is 2.85. The molecule has 0 aliphatic heterocycles. The highest BCUT2D eigenvalue weighted by molar-refractivity contribution is 5.97. The number of nitrogens with one attached hydrogen (secondary N) is 1. The minimum Gasteiger partial charge on any atom is -0.421 e. The van der Waals surface area contributed by atoms with E-state index in [0.717, 1.165) is 0 Å². The third kappa shape index (κ3) is 3.88. The number of hydrogen-bond donors (Lipinski definition) is 2. The number of amides is 1. The lowest BCUT2D eigenvalue weighted by Gasteiger charge is -2.15. The Balaban J connectivity index is 2.19. The molecule has 2 rings (SSSR count). The van der Waals surface area contributed by atoms with E-state index < -0.39 is 6.04 Å². The van der Waals surface area contributed by atoms with Crippen LogP contribution in [0.15, 0.2) is 28.7 Å². The van der Waals surface area contributed by atoms with Crippen LogP contribution in [0.25, 0.3) is 11.5 Å². The van der Waals surface area contributed by atoms with Crippen molar-refractivity contribution in [2.24, 2.45) is 11.7 Å². The highest BCUT2D eigenvalue weighted by Gasteiger charge is 2.18. The molecule has 0 radical (unpaired) electrons. The van der Waals surface area contributed by atoms with Gasteiger partial charge in [-0.25, -0.2) is 0 Å². The van der Waals surface area contributed by atoms with Crippen LogP contribution in [0.1, 0.15) is 26.2 Å². The second kappa shape index (κ2) is 6.49. The van der Waals surface area contributed by atoms with Gasteiger partial charge in [-0.2, -0.15) is 0 Å². The van der Waals surface area contributed by atoms with Gasteiger partial charge in [-0.15, -0.1) is 10.2 Å². The molecule has 21 heavy (non-hydrogen) atoms. The Morgan fingerprint density at radius 1 is 1.33 bits per heavy atom. The normalized spacial score (nSPS) is 12.4. The molecule has 112 valence electrons. The lowest BCUT2D eigenvalue weighted by atomic mass is 10.0. The lowest BCUT2D eigenvalue weighted by molar-refractivity contribution is -0.117. The number of hydrogen-bond acceptors (Lipinski definition) is 5. The molecule has 0 saturated carbocycles. The Morgan fingerprint density at radius 2 is 2.05 bits per heavy atom. The summed E-state index contributed by atoms with van der Waals surface area (Å²) in [5.74, 6) is 0.996. The van der Waals surface area contributed by atoms with Gasteiger partial charge in [0.2, 0.25) is 17.7 Å². The second-order valence-corrected chi connectivity index (χ2v) is 5.40. The van der Waals surface area contributed by atoms with Gasteiger partial charge in [0.1, 0.15) is 0 Å². The van der Waals surface area contributed by atoms with Crippen LogP contribution in [0.2, 0.25) is 0 Å². The van der Waals surface area contributed by atoms with Crippen LogP contribution in [0, 0.1) is 12.8 Å². The number of para-hydroxylation sites is 1. The van der Waals surface area contributed by atoms with Crippen molar-refractivity contribution in [3.63, 3.8) is 0 Å². The molecule has 0 aliphatic carbocycles. The number of aryl methyl sites for hydroxylation is 1. The van der Waals surface area contributed by atoms with Gasteiger partial charge in [0.25, 0.3) is 0 Å². The summed E-state index contributed by atoms with van der Waals surface area (Å²) in [5, 5.41) is 10.6. The summed E-state index contributed by atoms with van der Waals surface area (Å²) in [6.45, 7) is 5.78. The number of nitrogens with zero attached hydrogens (tertiary/aromatic N) is 2. The molecule has 6 nitrogen and oxygen atoms in total. The molecule has 1 atom stereocenters.